The number of methoxy groups -OCH3 is 1. The van der Waals surface area contributed by atoms with Gasteiger partial charge in [0.05, 0.1) is 18.2 Å². The Hall–Kier alpha value is -5.12. The number of nitrogens with one attached hydrogen (secondary N) is 4. The molecule has 292 valence electrons. The molecule has 10 heteroatoms. The Morgan fingerprint density at radius 1 is 0.927 bits per heavy atom. The number of rotatable bonds is 13. The van der Waals surface area contributed by atoms with E-state index in [0.717, 1.165) is 76.8 Å². The summed E-state index contributed by atoms with van der Waals surface area (Å²) in [6, 6.07) is 0. The van der Waals surface area contributed by atoms with Gasteiger partial charge in [-0.15, -0.1) is 0 Å². The molecule has 0 saturated carbocycles. The van der Waals surface area contributed by atoms with E-state index in [1.54, 1.807) is 0 Å². The van der Waals surface area contributed by atoms with Gasteiger partial charge < -0.3 is 29.7 Å². The van der Waals surface area contributed by atoms with Crippen molar-refractivity contribution in [1.82, 2.24) is 20.3 Å². The van der Waals surface area contributed by atoms with Crippen LogP contribution in [0.1, 0.15) is 139 Å². The molecule has 0 aromatic carbocycles. The van der Waals surface area contributed by atoms with E-state index in [4.69, 9.17) is 9.47 Å². The monoisotopic (exact) mass is 748 g/mol. The molecule has 10 nitrogen and oxygen atoms in total. The number of aromatic nitrogens is 3. The minimum absolute atomic E-state index is 0.104. The molecule has 2 aliphatic heterocycles. The van der Waals surface area contributed by atoms with Gasteiger partial charge in [-0.2, -0.15) is 0 Å². The van der Waals surface area contributed by atoms with E-state index in [2.05, 4.69) is 67.9 Å². The van der Waals surface area contributed by atoms with Gasteiger partial charge in [0.2, 0.25) is 0 Å². The van der Waals surface area contributed by atoms with Crippen LogP contribution in [0.3, 0.4) is 0 Å². The summed E-state index contributed by atoms with van der Waals surface area (Å²) in [6.45, 7) is 17.0. The second kappa shape index (κ2) is 16.3. The summed E-state index contributed by atoms with van der Waals surface area (Å²) in [5.41, 5.74) is 11.3. The summed E-state index contributed by atoms with van der Waals surface area (Å²) < 4.78 is 10.9. The number of hydrogen-bond acceptors (Lipinski definition) is 7. The first-order valence-corrected chi connectivity index (χ1v) is 19.8. The first-order valence-electron chi connectivity index (χ1n) is 19.8. The number of Topliss-reactive ketones (excluding diaryl/α,β-unsaturated/α-hetero) is 1. The third-order valence-electron chi connectivity index (χ3n) is 11.9. The topological polar surface area (TPSA) is 146 Å². The van der Waals surface area contributed by atoms with E-state index in [9.17, 15) is 19.2 Å². The molecule has 3 aromatic rings. The third-order valence-corrected chi connectivity index (χ3v) is 11.9. The highest BCUT2D eigenvalue weighted by molar-refractivity contribution is 6.24. The first kappa shape index (κ1) is 39.6. The van der Waals surface area contributed by atoms with Crippen molar-refractivity contribution in [2.75, 3.05) is 13.7 Å². The summed E-state index contributed by atoms with van der Waals surface area (Å²) in [4.78, 5) is 64.3. The molecule has 3 aliphatic rings. The molecule has 6 rings (SSSR count). The van der Waals surface area contributed by atoms with E-state index in [0.29, 0.717) is 57.8 Å². The van der Waals surface area contributed by atoms with Crippen LogP contribution in [0.15, 0.2) is 23.0 Å². The molecule has 4 N–H and O–H groups in total. The minimum atomic E-state index is -1.17. The van der Waals surface area contributed by atoms with Crippen LogP contribution in [0.2, 0.25) is 0 Å². The number of ketones is 1. The standard InChI is InChI=1S/C45H56N4O6/c1-10-28-25(6)32-19-33-26(7)30(15-16-38(51)55-18-17-24(5)14-12-13-23(3)4)42(48-33)40-41(45(53)54-9)44(52)39-27(8)34(49-43(39)40)20-36-29(11-2)31(22-50)37(47-36)21-35(28)46-32/h17,19-23,26,30,41,46-49H,10-16,18H2,1-9H3/b24-17+,33-19-,36-20-,37-21-,42-40-/t26-,30-,41+/m0/s1. The second-order valence-electron chi connectivity index (χ2n) is 15.8. The summed E-state index contributed by atoms with van der Waals surface area (Å²) >= 11 is 0. The molecular formula is C45H56N4O6. The fourth-order valence-corrected chi connectivity index (χ4v) is 8.69. The van der Waals surface area contributed by atoms with Gasteiger partial charge >= 0.3 is 11.9 Å². The number of allylic oxidation sites excluding steroid dienone is 3. The van der Waals surface area contributed by atoms with Gasteiger partial charge in [-0.3, -0.25) is 19.2 Å². The molecule has 1 aliphatic carbocycles. The highest BCUT2D eigenvalue weighted by Gasteiger charge is 2.48. The lowest BCUT2D eigenvalue weighted by Crippen LogP contribution is -2.25. The van der Waals surface area contributed by atoms with Crippen LogP contribution in [-0.4, -0.2) is 52.7 Å². The van der Waals surface area contributed by atoms with Gasteiger partial charge in [0.15, 0.2) is 12.1 Å². The molecule has 55 heavy (non-hydrogen) atoms. The Balaban J connectivity index is 1.49. The molecule has 8 bridgehead atoms. The number of ether oxygens (including phenoxy) is 2. The van der Waals surface area contributed by atoms with Crippen LogP contribution < -0.4 is 16.0 Å². The lowest BCUT2D eigenvalue weighted by molar-refractivity contribution is -0.143. The first-order chi connectivity index (χ1) is 26.3. The van der Waals surface area contributed by atoms with Gasteiger partial charge in [0.1, 0.15) is 12.5 Å². The number of aromatic amines is 3. The van der Waals surface area contributed by atoms with Crippen LogP contribution in [-0.2, 0) is 31.9 Å². The molecule has 0 spiro atoms. The lowest BCUT2D eigenvalue weighted by Gasteiger charge is -2.19. The van der Waals surface area contributed by atoms with Crippen LogP contribution in [0, 0.1) is 37.5 Å². The lowest BCUT2D eigenvalue weighted by atomic mass is 9.85. The molecule has 1 saturated heterocycles. The Morgan fingerprint density at radius 3 is 2.31 bits per heavy atom. The fraction of sp³-hybridized carbons (Fsp3) is 0.467. The normalized spacial score (nSPS) is 22.4. The molecular weight excluding hydrogens is 693 g/mol. The van der Waals surface area contributed by atoms with Gasteiger partial charge in [0, 0.05) is 68.8 Å². The molecule has 1 fully saturated rings. The third kappa shape index (κ3) is 7.48. The molecule has 5 heterocycles. The van der Waals surface area contributed by atoms with Gasteiger partial charge in [-0.05, 0) is 105 Å². The smallest absolute Gasteiger partial charge is 0.321 e. The predicted octanol–water partition coefficient (Wildman–Crippen LogP) is 6.89. The Kier molecular flexibility index (Phi) is 11.7. The van der Waals surface area contributed by atoms with Crippen molar-refractivity contribution in [2.45, 2.75) is 100 Å². The largest absolute Gasteiger partial charge is 0.468 e. The van der Waals surface area contributed by atoms with E-state index < -0.39 is 11.9 Å². The van der Waals surface area contributed by atoms with E-state index in [-0.39, 0.29) is 36.6 Å². The van der Waals surface area contributed by atoms with Crippen molar-refractivity contribution in [3.63, 3.8) is 0 Å². The van der Waals surface area contributed by atoms with Crippen LogP contribution in [0.4, 0.5) is 0 Å². The van der Waals surface area contributed by atoms with Gasteiger partial charge in [-0.25, -0.2) is 0 Å². The summed E-state index contributed by atoms with van der Waals surface area (Å²) in [5, 5.41) is 5.15. The molecule has 3 atom stereocenters. The average molecular weight is 749 g/mol. The molecule has 3 aromatic heterocycles. The summed E-state index contributed by atoms with van der Waals surface area (Å²) in [7, 11) is 1.30. The Bertz CT molecular complexity index is 2250. The zero-order chi connectivity index (χ0) is 39.7. The number of aldehydes is 1. The second-order valence-corrected chi connectivity index (χ2v) is 15.8. The number of carbonyl (C=O) groups excluding carboxylic acids is 4. The van der Waals surface area contributed by atoms with Crippen molar-refractivity contribution in [3.8, 4) is 0 Å². The molecule has 0 amide bonds. The quantitative estimate of drug-likeness (QED) is 0.0645. The van der Waals surface area contributed by atoms with Crippen molar-refractivity contribution in [3.05, 3.63) is 89.9 Å². The fourth-order valence-electron chi connectivity index (χ4n) is 8.69. The van der Waals surface area contributed by atoms with Gasteiger partial charge in [0.25, 0.3) is 0 Å². The number of fused-ring (bicyclic) bond motifs is 7. The van der Waals surface area contributed by atoms with Crippen molar-refractivity contribution >= 4 is 47.8 Å². The average Bonchev–Trinajstić information content (AvgIpc) is 3.90. The van der Waals surface area contributed by atoms with E-state index in [1.807, 2.05) is 32.1 Å². The maximum atomic E-state index is 14.3. The van der Waals surface area contributed by atoms with Crippen molar-refractivity contribution in [2.24, 2.45) is 23.7 Å². The van der Waals surface area contributed by atoms with Crippen LogP contribution in [0.5, 0.6) is 0 Å². The highest BCUT2D eigenvalue weighted by Crippen LogP contribution is 2.48. The van der Waals surface area contributed by atoms with Crippen molar-refractivity contribution in [1.29, 1.82) is 0 Å². The summed E-state index contributed by atoms with van der Waals surface area (Å²) in [5.74, 6) is -2.11. The highest BCUT2D eigenvalue weighted by atomic mass is 16.5. The zero-order valence-electron chi connectivity index (χ0n) is 33.8. The van der Waals surface area contributed by atoms with Gasteiger partial charge in [-0.1, -0.05) is 46.6 Å². The minimum Gasteiger partial charge on any atom is -0.468 e. The van der Waals surface area contributed by atoms with E-state index in [1.165, 1.54) is 12.7 Å². The zero-order valence-corrected chi connectivity index (χ0v) is 33.8. The Labute approximate surface area is 323 Å². The molecule has 0 unspecified atom stereocenters. The number of H-pyrrole nitrogens is 3. The Morgan fingerprint density at radius 2 is 1.64 bits per heavy atom. The maximum absolute atomic E-state index is 14.3. The van der Waals surface area contributed by atoms with E-state index >= 15 is 0 Å². The predicted molar refractivity (Wildman–Crippen MR) is 216 cm³/mol. The number of carbonyl (C=O) groups is 4. The number of hydrogen-bond donors (Lipinski definition) is 4. The SMILES string of the molecule is CCc1c2[nH]c(c1C)/C=C1\N/C(=C3\c4[nH]c(c(C)c4C(=O)[C@@H]3C(=O)OC)/C=c3\[nH]/c(c(C=O)c3CC)=C\2)[C@@H](CCC(=O)OC/C=C(\C)CCCC(C)C)[C@@H]1C. The summed E-state index contributed by atoms with van der Waals surface area (Å²) in [6.07, 6.45) is 14.2. The van der Waals surface area contributed by atoms with Crippen LogP contribution >= 0.6 is 0 Å². The molecule has 0 radical (unpaired) electrons. The number of esters is 2. The van der Waals surface area contributed by atoms with Crippen molar-refractivity contribution < 1.29 is 28.7 Å². The van der Waals surface area contributed by atoms with Crippen LogP contribution in [0.25, 0.3) is 23.8 Å². The maximum Gasteiger partial charge on any atom is 0.321 e.